The number of carbonyl (C=O) groups excluding carboxylic acids is 2. The van der Waals surface area contributed by atoms with Crippen molar-refractivity contribution in [2.75, 3.05) is 0 Å². The van der Waals surface area contributed by atoms with Crippen molar-refractivity contribution in [2.24, 2.45) is 23.7 Å². The van der Waals surface area contributed by atoms with Crippen molar-refractivity contribution >= 4 is 11.9 Å². The van der Waals surface area contributed by atoms with Gasteiger partial charge >= 0.3 is 0 Å². The van der Waals surface area contributed by atoms with Gasteiger partial charge in [-0.1, -0.05) is 0 Å². The van der Waals surface area contributed by atoms with Crippen LogP contribution in [0.25, 0.3) is 0 Å². The minimum absolute atomic E-state index is 0.101. The fourth-order valence-electron chi connectivity index (χ4n) is 3.87. The highest BCUT2D eigenvalue weighted by Crippen LogP contribution is 2.48. The number of rotatable bonds is 4. The fourth-order valence-corrected chi connectivity index (χ4v) is 3.87. The van der Waals surface area contributed by atoms with Crippen molar-refractivity contribution in [3.63, 3.8) is 0 Å². The van der Waals surface area contributed by atoms with Crippen molar-refractivity contribution in [1.82, 2.24) is 5.32 Å². The van der Waals surface area contributed by atoms with E-state index in [0.717, 1.165) is 25.7 Å². The maximum atomic E-state index is 12.4. The summed E-state index contributed by atoms with van der Waals surface area (Å²) in [6.07, 6.45) is 5.27. The predicted octanol–water partition coefficient (Wildman–Crippen LogP) is 0.698. The van der Waals surface area contributed by atoms with E-state index < -0.39 is 17.8 Å². The van der Waals surface area contributed by atoms with Gasteiger partial charge in [0.25, 0.3) is 0 Å². The van der Waals surface area contributed by atoms with Gasteiger partial charge in [0.2, 0.25) is 5.91 Å². The summed E-state index contributed by atoms with van der Waals surface area (Å²) in [6.45, 7) is 0.305. The lowest BCUT2D eigenvalue weighted by atomic mass is 9.58. The van der Waals surface area contributed by atoms with Crippen LogP contribution in [0.5, 0.6) is 0 Å². The van der Waals surface area contributed by atoms with Crippen LogP contribution in [0.15, 0.2) is 22.8 Å². The largest absolute Gasteiger partial charge is 0.550 e. The van der Waals surface area contributed by atoms with Crippen LogP contribution in [0, 0.1) is 23.7 Å². The number of carbonyl (C=O) groups is 2. The Morgan fingerprint density at radius 3 is 2.40 bits per heavy atom. The van der Waals surface area contributed by atoms with E-state index in [1.165, 1.54) is 0 Å². The van der Waals surface area contributed by atoms with Gasteiger partial charge in [-0.15, -0.1) is 0 Å². The number of nitrogens with one attached hydrogen (secondary N) is 1. The van der Waals surface area contributed by atoms with Crippen molar-refractivity contribution in [2.45, 2.75) is 32.2 Å². The average Bonchev–Trinajstić information content (AvgIpc) is 2.98. The zero-order chi connectivity index (χ0) is 14.1. The van der Waals surface area contributed by atoms with E-state index in [2.05, 4.69) is 5.32 Å². The van der Waals surface area contributed by atoms with E-state index in [-0.39, 0.29) is 17.7 Å². The Bertz CT molecular complexity index is 488. The van der Waals surface area contributed by atoms with E-state index in [1.807, 2.05) is 0 Å². The van der Waals surface area contributed by atoms with E-state index in [0.29, 0.717) is 12.3 Å². The summed E-state index contributed by atoms with van der Waals surface area (Å²) in [6, 6.07) is 3.54. The second kappa shape index (κ2) is 5.31. The lowest BCUT2D eigenvalue weighted by molar-refractivity contribution is -0.318. The Hall–Kier alpha value is -1.78. The maximum absolute atomic E-state index is 12.4. The monoisotopic (exact) mass is 276 g/mol. The first kappa shape index (κ1) is 13.2. The molecule has 3 fully saturated rings. The second-order valence-corrected chi connectivity index (χ2v) is 5.84. The number of furan rings is 1. The first-order valence-electron chi connectivity index (χ1n) is 7.17. The third-order valence-electron chi connectivity index (χ3n) is 4.81. The molecule has 0 aromatic carbocycles. The molecule has 0 unspecified atom stereocenters. The summed E-state index contributed by atoms with van der Waals surface area (Å²) in [7, 11) is 0. The molecule has 2 bridgehead atoms. The van der Waals surface area contributed by atoms with Gasteiger partial charge in [-0.3, -0.25) is 4.79 Å². The summed E-state index contributed by atoms with van der Waals surface area (Å²) in [4.78, 5) is 23.7. The van der Waals surface area contributed by atoms with Crippen LogP contribution in [0.3, 0.4) is 0 Å². The second-order valence-electron chi connectivity index (χ2n) is 5.84. The smallest absolute Gasteiger partial charge is 0.224 e. The molecule has 2 atom stereocenters. The third-order valence-corrected chi connectivity index (χ3v) is 4.81. The molecule has 1 aromatic rings. The van der Waals surface area contributed by atoms with Crippen LogP contribution in [0.1, 0.15) is 31.4 Å². The van der Waals surface area contributed by atoms with Crippen LogP contribution in [-0.4, -0.2) is 11.9 Å². The summed E-state index contributed by atoms with van der Waals surface area (Å²) in [5.74, 6) is -1.36. The van der Waals surface area contributed by atoms with E-state index in [1.54, 1.807) is 18.4 Å². The molecule has 108 valence electrons. The fraction of sp³-hybridized carbons (Fsp3) is 0.600. The van der Waals surface area contributed by atoms with Gasteiger partial charge in [0, 0.05) is 17.8 Å². The highest BCUT2D eigenvalue weighted by atomic mass is 16.4. The molecule has 1 heterocycles. The lowest BCUT2D eigenvalue weighted by Gasteiger charge is -2.48. The molecule has 3 saturated carbocycles. The average molecular weight is 276 g/mol. The van der Waals surface area contributed by atoms with Crippen LogP contribution >= 0.6 is 0 Å². The van der Waals surface area contributed by atoms with Crippen LogP contribution < -0.4 is 10.4 Å². The van der Waals surface area contributed by atoms with E-state index in [9.17, 15) is 14.7 Å². The van der Waals surface area contributed by atoms with Gasteiger partial charge in [-0.05, 0) is 49.7 Å². The molecular weight excluding hydrogens is 258 g/mol. The summed E-state index contributed by atoms with van der Waals surface area (Å²) in [5, 5.41) is 14.2. The molecule has 0 spiro atoms. The number of hydrogen-bond donors (Lipinski definition) is 1. The van der Waals surface area contributed by atoms with E-state index >= 15 is 0 Å². The van der Waals surface area contributed by atoms with Crippen molar-refractivity contribution in [3.05, 3.63) is 24.2 Å². The molecule has 0 saturated heterocycles. The van der Waals surface area contributed by atoms with Crippen LogP contribution in [0.2, 0.25) is 0 Å². The number of aliphatic carboxylic acids is 1. The summed E-state index contributed by atoms with van der Waals surface area (Å²) in [5.41, 5.74) is 0. The molecular formula is C15H18NO4-. The predicted molar refractivity (Wildman–Crippen MR) is 68.0 cm³/mol. The molecule has 1 aromatic heterocycles. The summed E-state index contributed by atoms with van der Waals surface area (Å²) >= 11 is 0. The summed E-state index contributed by atoms with van der Waals surface area (Å²) < 4.78 is 5.16. The normalized spacial score (nSPS) is 32.0. The maximum Gasteiger partial charge on any atom is 0.224 e. The van der Waals surface area contributed by atoms with Gasteiger partial charge in [0.1, 0.15) is 5.76 Å². The third kappa shape index (κ3) is 2.32. The molecule has 4 rings (SSSR count). The molecule has 5 nitrogen and oxygen atoms in total. The zero-order valence-electron chi connectivity index (χ0n) is 11.2. The van der Waals surface area contributed by atoms with Crippen LogP contribution in [-0.2, 0) is 16.1 Å². The minimum atomic E-state index is -1.07. The van der Waals surface area contributed by atoms with Gasteiger partial charge < -0.3 is 19.6 Å². The molecule has 20 heavy (non-hydrogen) atoms. The number of amides is 1. The Labute approximate surface area is 117 Å². The van der Waals surface area contributed by atoms with Gasteiger partial charge in [-0.25, -0.2) is 0 Å². The van der Waals surface area contributed by atoms with Crippen molar-refractivity contribution in [1.29, 1.82) is 0 Å². The van der Waals surface area contributed by atoms with Crippen molar-refractivity contribution in [3.8, 4) is 0 Å². The Balaban J connectivity index is 1.70. The number of carboxylic acids is 1. The Kier molecular flexibility index (Phi) is 3.51. The molecule has 1 N–H and O–H groups in total. The molecule has 0 radical (unpaired) electrons. The zero-order valence-corrected chi connectivity index (χ0v) is 11.2. The molecule has 5 heteroatoms. The minimum Gasteiger partial charge on any atom is -0.550 e. The van der Waals surface area contributed by atoms with Crippen LogP contribution in [0.4, 0.5) is 0 Å². The quantitative estimate of drug-likeness (QED) is 0.877. The number of hydrogen-bond acceptors (Lipinski definition) is 4. The molecule has 3 aliphatic carbocycles. The van der Waals surface area contributed by atoms with Crippen molar-refractivity contribution < 1.29 is 19.1 Å². The Morgan fingerprint density at radius 2 is 1.85 bits per heavy atom. The first-order valence-corrected chi connectivity index (χ1v) is 7.17. The highest BCUT2D eigenvalue weighted by molar-refractivity contribution is 5.85. The van der Waals surface area contributed by atoms with Gasteiger partial charge in [0.05, 0.1) is 12.8 Å². The number of carboxylic acid groups (broad SMARTS) is 1. The molecule has 1 amide bonds. The first-order chi connectivity index (χ1) is 9.66. The van der Waals surface area contributed by atoms with E-state index in [4.69, 9.17) is 4.42 Å². The van der Waals surface area contributed by atoms with Gasteiger partial charge in [0.15, 0.2) is 0 Å². The molecule has 3 aliphatic rings. The number of fused-ring (bicyclic) bond motifs is 3. The SMILES string of the molecule is O=C([O-])[C@@H]1C2CCC(CC2)[C@@H]1C(=O)NCc1ccco1. The topological polar surface area (TPSA) is 82.4 Å². The Morgan fingerprint density at radius 1 is 1.20 bits per heavy atom. The standard InChI is InChI=1S/C15H19NO4/c17-14(16-8-11-2-1-7-20-11)12-9-3-5-10(6-4-9)13(12)15(18)19/h1-2,7,9-10,12-13H,3-6,8H2,(H,16,17)(H,18,19)/p-1/t9?,10?,12-,13+/m0/s1. The lowest BCUT2D eigenvalue weighted by Crippen LogP contribution is -2.54. The molecule has 0 aliphatic heterocycles. The highest BCUT2D eigenvalue weighted by Gasteiger charge is 2.47. The van der Waals surface area contributed by atoms with Gasteiger partial charge in [-0.2, -0.15) is 0 Å².